The van der Waals surface area contributed by atoms with E-state index in [1.165, 1.54) is 7.11 Å². The second kappa shape index (κ2) is 9.84. The van der Waals surface area contributed by atoms with Crippen molar-refractivity contribution in [2.24, 2.45) is 10.7 Å². The maximum Gasteiger partial charge on any atom is 0.411 e. The molecule has 0 aliphatic heterocycles. The van der Waals surface area contributed by atoms with Crippen LogP contribution in [0.2, 0.25) is 0 Å². The molecule has 2 aromatic carbocycles. The lowest BCUT2D eigenvalue weighted by Gasteiger charge is -2.11. The van der Waals surface area contributed by atoms with Gasteiger partial charge in [-0.25, -0.2) is 4.99 Å². The van der Waals surface area contributed by atoms with Crippen molar-refractivity contribution in [2.45, 2.75) is 19.3 Å². The average molecular weight is 397 g/mol. The first-order valence-corrected chi connectivity index (χ1v) is 8.32. The highest BCUT2D eigenvalue weighted by Crippen LogP contribution is 2.29. The van der Waals surface area contributed by atoms with Crippen LogP contribution in [0.15, 0.2) is 47.5 Å². The zero-order chi connectivity index (χ0) is 20.6. The maximum absolute atomic E-state index is 12.1. The van der Waals surface area contributed by atoms with Crippen molar-refractivity contribution >= 4 is 11.6 Å². The zero-order valence-electron chi connectivity index (χ0n) is 15.5. The van der Waals surface area contributed by atoms with E-state index in [4.69, 9.17) is 15.2 Å². The molecule has 0 atom stereocenters. The number of hydrogen-bond donors (Lipinski definition) is 2. The molecule has 0 bridgehead atoms. The Kier molecular flexibility index (Phi) is 7.51. The Labute approximate surface area is 161 Å². The molecule has 0 heterocycles. The number of nitrogens with two attached hydrogens (primary N) is 1. The van der Waals surface area contributed by atoms with Gasteiger partial charge in [0.2, 0.25) is 0 Å². The molecule has 0 fully saturated rings. The lowest BCUT2D eigenvalue weighted by molar-refractivity contribution is -0.176. The monoisotopic (exact) mass is 397 g/mol. The highest BCUT2D eigenvalue weighted by Gasteiger charge is 2.27. The van der Waals surface area contributed by atoms with Crippen LogP contribution in [0.25, 0.3) is 0 Å². The Morgan fingerprint density at radius 2 is 1.64 bits per heavy atom. The van der Waals surface area contributed by atoms with Crippen molar-refractivity contribution in [3.8, 4) is 11.5 Å². The van der Waals surface area contributed by atoms with Gasteiger partial charge in [-0.3, -0.25) is 0 Å². The molecule has 0 saturated heterocycles. The van der Waals surface area contributed by atoms with Gasteiger partial charge in [0, 0.05) is 11.8 Å². The number of nitrogens with zero attached hydrogens (tertiary/aromatic N) is 1. The highest BCUT2D eigenvalue weighted by atomic mass is 19.4. The average Bonchev–Trinajstić information content (AvgIpc) is 2.66. The summed E-state index contributed by atoms with van der Waals surface area (Å²) in [5, 5.41) is 2.96. The Balaban J connectivity index is 1.89. The van der Waals surface area contributed by atoms with E-state index in [1.54, 1.807) is 49.6 Å². The van der Waals surface area contributed by atoms with Crippen molar-refractivity contribution < 1.29 is 27.4 Å². The fraction of sp³-hybridized carbons (Fsp3) is 0.316. The number of anilines is 1. The third-order valence-electron chi connectivity index (χ3n) is 3.65. The lowest BCUT2D eigenvalue weighted by Crippen LogP contribution is -2.22. The van der Waals surface area contributed by atoms with E-state index in [9.17, 15) is 13.2 Å². The van der Waals surface area contributed by atoms with Crippen LogP contribution in [0, 0.1) is 0 Å². The second-order valence-corrected chi connectivity index (χ2v) is 5.82. The molecule has 28 heavy (non-hydrogen) atoms. The molecule has 0 unspecified atom stereocenters. The van der Waals surface area contributed by atoms with Crippen LogP contribution >= 0.6 is 0 Å². The zero-order valence-corrected chi connectivity index (χ0v) is 15.5. The Morgan fingerprint density at radius 1 is 1.00 bits per heavy atom. The van der Waals surface area contributed by atoms with E-state index in [0.717, 1.165) is 5.56 Å². The smallest absolute Gasteiger partial charge is 0.411 e. The van der Waals surface area contributed by atoms with Crippen molar-refractivity contribution in [1.29, 1.82) is 0 Å². The predicted octanol–water partition coefficient (Wildman–Crippen LogP) is 3.71. The molecular weight excluding hydrogens is 375 g/mol. The number of hydrogen-bond acceptors (Lipinski definition) is 4. The summed E-state index contributed by atoms with van der Waals surface area (Å²) in [6, 6.07) is 12.2. The minimum Gasteiger partial charge on any atom is -0.493 e. The van der Waals surface area contributed by atoms with Crippen LogP contribution in [0.3, 0.4) is 0 Å². The van der Waals surface area contributed by atoms with E-state index in [0.29, 0.717) is 29.3 Å². The van der Waals surface area contributed by atoms with Gasteiger partial charge in [0.1, 0.15) is 6.61 Å². The van der Waals surface area contributed by atoms with Gasteiger partial charge in [0.15, 0.2) is 17.5 Å². The number of methoxy groups -OCH3 is 2. The van der Waals surface area contributed by atoms with E-state index in [1.807, 2.05) is 0 Å². The number of halogens is 3. The fourth-order valence-corrected chi connectivity index (χ4v) is 2.30. The third kappa shape index (κ3) is 6.99. The number of guanidine groups is 1. The summed E-state index contributed by atoms with van der Waals surface area (Å²) in [6.45, 7) is -1.06. The first kappa shape index (κ1) is 21.4. The van der Waals surface area contributed by atoms with E-state index in [2.05, 4.69) is 15.0 Å². The summed E-state index contributed by atoms with van der Waals surface area (Å²) in [4.78, 5) is 4.24. The van der Waals surface area contributed by atoms with Gasteiger partial charge in [0.25, 0.3) is 0 Å². The minimum atomic E-state index is -4.33. The van der Waals surface area contributed by atoms with Gasteiger partial charge >= 0.3 is 6.18 Å². The molecule has 0 saturated carbocycles. The molecule has 6 nitrogen and oxygen atoms in total. The predicted molar refractivity (Wildman–Crippen MR) is 101 cm³/mol. The molecule has 2 rings (SSSR count). The summed E-state index contributed by atoms with van der Waals surface area (Å²) < 4.78 is 51.2. The topological polar surface area (TPSA) is 78.1 Å². The molecule has 2 aromatic rings. The Hall–Kier alpha value is -2.94. The highest BCUT2D eigenvalue weighted by molar-refractivity contribution is 5.92. The quantitative estimate of drug-likeness (QED) is 0.525. The molecule has 0 amide bonds. The SMILES string of the molecule is COc1ccc(NC(N)=NCc2ccc(COCC(F)(F)F)cc2)cc1OC. The van der Waals surface area contributed by atoms with E-state index < -0.39 is 12.8 Å². The molecular formula is C19H22F3N3O3. The molecule has 0 spiro atoms. The van der Waals surface area contributed by atoms with Crippen molar-refractivity contribution in [3.63, 3.8) is 0 Å². The maximum atomic E-state index is 12.1. The number of aliphatic imine (C=N–C) groups is 1. The summed E-state index contributed by atoms with van der Waals surface area (Å²) >= 11 is 0. The van der Waals surface area contributed by atoms with Gasteiger partial charge in [0.05, 0.1) is 27.4 Å². The number of benzene rings is 2. The van der Waals surface area contributed by atoms with Crippen molar-refractivity contribution in [3.05, 3.63) is 53.6 Å². The normalized spacial score (nSPS) is 12.0. The number of nitrogens with one attached hydrogen (secondary N) is 1. The van der Waals surface area contributed by atoms with Crippen LogP contribution in [0.4, 0.5) is 18.9 Å². The van der Waals surface area contributed by atoms with Crippen LogP contribution in [0.1, 0.15) is 11.1 Å². The fourth-order valence-electron chi connectivity index (χ4n) is 2.30. The lowest BCUT2D eigenvalue weighted by atomic mass is 10.1. The molecule has 152 valence electrons. The summed E-state index contributed by atoms with van der Waals surface area (Å²) in [5.74, 6) is 1.37. The number of rotatable bonds is 8. The minimum absolute atomic E-state index is 0.105. The van der Waals surface area contributed by atoms with Gasteiger partial charge < -0.3 is 25.3 Å². The van der Waals surface area contributed by atoms with Gasteiger partial charge in [-0.15, -0.1) is 0 Å². The number of alkyl halides is 3. The second-order valence-electron chi connectivity index (χ2n) is 5.82. The first-order valence-electron chi connectivity index (χ1n) is 8.32. The summed E-state index contributed by atoms with van der Waals surface area (Å²) in [5.41, 5.74) is 8.09. The standard InChI is InChI=1S/C19H22F3N3O3/c1-26-16-8-7-15(9-17(16)27-2)25-18(23)24-10-13-3-5-14(6-4-13)11-28-12-19(20,21)22/h3-9H,10-12H2,1-2H3,(H3,23,24,25). The van der Waals surface area contributed by atoms with E-state index in [-0.39, 0.29) is 12.6 Å². The van der Waals surface area contributed by atoms with Crippen LogP contribution in [-0.2, 0) is 17.9 Å². The molecule has 0 aliphatic carbocycles. The number of ether oxygens (including phenoxy) is 3. The van der Waals surface area contributed by atoms with Gasteiger partial charge in [-0.1, -0.05) is 24.3 Å². The summed E-state index contributed by atoms with van der Waals surface area (Å²) in [7, 11) is 3.09. The molecule has 3 N–H and O–H groups in total. The largest absolute Gasteiger partial charge is 0.493 e. The van der Waals surface area contributed by atoms with Crippen LogP contribution < -0.4 is 20.5 Å². The molecule has 0 aliphatic rings. The van der Waals surface area contributed by atoms with E-state index >= 15 is 0 Å². The van der Waals surface area contributed by atoms with Crippen molar-refractivity contribution in [2.75, 3.05) is 26.1 Å². The molecule has 0 radical (unpaired) electrons. The Morgan fingerprint density at radius 3 is 2.25 bits per heavy atom. The van der Waals surface area contributed by atoms with Crippen molar-refractivity contribution in [1.82, 2.24) is 0 Å². The van der Waals surface area contributed by atoms with Crippen LogP contribution in [-0.4, -0.2) is 33.0 Å². The third-order valence-corrected chi connectivity index (χ3v) is 3.65. The van der Waals surface area contributed by atoms with Gasteiger partial charge in [-0.05, 0) is 23.3 Å². The molecule has 9 heteroatoms. The Bertz CT molecular complexity index is 793. The summed E-state index contributed by atoms with van der Waals surface area (Å²) in [6.07, 6.45) is -4.33. The van der Waals surface area contributed by atoms with Gasteiger partial charge in [-0.2, -0.15) is 13.2 Å². The molecule has 0 aromatic heterocycles. The van der Waals surface area contributed by atoms with Crippen LogP contribution in [0.5, 0.6) is 11.5 Å². The first-order chi connectivity index (χ1) is 13.3.